The topological polar surface area (TPSA) is 75.3 Å². The summed E-state index contributed by atoms with van der Waals surface area (Å²) in [5, 5.41) is 4.63. The smallest absolute Gasteiger partial charge is 0.240 e. The first-order chi connectivity index (χ1) is 11.7. The van der Waals surface area contributed by atoms with Crippen LogP contribution in [-0.4, -0.2) is 27.4 Å². The Morgan fingerprint density at radius 2 is 1.76 bits per heavy atom. The van der Waals surface area contributed by atoms with Crippen molar-refractivity contribution in [2.75, 3.05) is 13.1 Å². The van der Waals surface area contributed by atoms with E-state index in [0.29, 0.717) is 6.42 Å². The van der Waals surface area contributed by atoms with Crippen molar-refractivity contribution in [2.24, 2.45) is 0 Å². The van der Waals surface area contributed by atoms with Crippen LogP contribution >= 0.6 is 11.3 Å². The molecule has 1 aromatic carbocycles. The molecular formula is C18H24N2O3S2. The van der Waals surface area contributed by atoms with Crippen molar-refractivity contribution in [2.45, 2.75) is 37.5 Å². The lowest BCUT2D eigenvalue weighted by atomic mass is 9.87. The molecule has 0 fully saturated rings. The lowest BCUT2D eigenvalue weighted by Gasteiger charge is -2.19. The van der Waals surface area contributed by atoms with E-state index in [4.69, 9.17) is 0 Å². The molecule has 0 radical (unpaired) electrons. The summed E-state index contributed by atoms with van der Waals surface area (Å²) < 4.78 is 27.1. The monoisotopic (exact) mass is 380 g/mol. The van der Waals surface area contributed by atoms with Crippen LogP contribution in [0.25, 0.3) is 0 Å². The van der Waals surface area contributed by atoms with E-state index in [1.165, 1.54) is 11.3 Å². The quantitative estimate of drug-likeness (QED) is 0.725. The average Bonchev–Trinajstić information content (AvgIpc) is 3.04. The fourth-order valence-electron chi connectivity index (χ4n) is 2.24. The van der Waals surface area contributed by atoms with Gasteiger partial charge in [0, 0.05) is 18.0 Å². The number of hydrogen-bond acceptors (Lipinski definition) is 4. The van der Waals surface area contributed by atoms with E-state index in [0.717, 1.165) is 10.4 Å². The Balaban J connectivity index is 1.82. The van der Waals surface area contributed by atoms with E-state index in [1.807, 2.05) is 29.6 Å². The first-order valence-corrected chi connectivity index (χ1v) is 10.4. The van der Waals surface area contributed by atoms with Crippen molar-refractivity contribution < 1.29 is 13.2 Å². The van der Waals surface area contributed by atoms with Gasteiger partial charge in [-0.3, -0.25) is 4.79 Å². The van der Waals surface area contributed by atoms with Gasteiger partial charge >= 0.3 is 0 Å². The molecule has 0 unspecified atom stereocenters. The molecule has 1 amide bonds. The Morgan fingerprint density at radius 1 is 1.08 bits per heavy atom. The molecule has 1 heterocycles. The summed E-state index contributed by atoms with van der Waals surface area (Å²) >= 11 is 1.52. The molecule has 0 atom stereocenters. The summed E-state index contributed by atoms with van der Waals surface area (Å²) in [6.07, 6.45) is 0.318. The molecule has 2 aromatic rings. The van der Waals surface area contributed by atoms with Crippen LogP contribution < -0.4 is 10.0 Å². The predicted octanol–water partition coefficient (Wildman–Crippen LogP) is 2.68. The van der Waals surface area contributed by atoms with Gasteiger partial charge in [-0.15, -0.1) is 11.3 Å². The van der Waals surface area contributed by atoms with Gasteiger partial charge in [-0.2, -0.15) is 0 Å². The van der Waals surface area contributed by atoms with Crippen molar-refractivity contribution in [1.82, 2.24) is 10.0 Å². The van der Waals surface area contributed by atoms with E-state index in [2.05, 4.69) is 30.8 Å². The Labute approximate surface area is 153 Å². The van der Waals surface area contributed by atoms with Gasteiger partial charge in [-0.05, 0) is 34.6 Å². The maximum Gasteiger partial charge on any atom is 0.240 e. The molecule has 0 bridgehead atoms. The molecule has 2 N–H and O–H groups in total. The first-order valence-electron chi connectivity index (χ1n) is 8.08. The molecule has 7 heteroatoms. The van der Waals surface area contributed by atoms with Crippen LogP contribution in [0.1, 0.15) is 31.2 Å². The third-order valence-electron chi connectivity index (χ3n) is 3.68. The molecule has 136 valence electrons. The lowest BCUT2D eigenvalue weighted by Crippen LogP contribution is -2.35. The molecule has 0 aliphatic carbocycles. The van der Waals surface area contributed by atoms with Crippen molar-refractivity contribution in [1.29, 1.82) is 0 Å². The molecule has 1 aromatic heterocycles. The van der Waals surface area contributed by atoms with E-state index in [9.17, 15) is 13.2 Å². The second-order valence-corrected chi connectivity index (χ2v) is 9.58. The van der Waals surface area contributed by atoms with Crippen molar-refractivity contribution in [3.63, 3.8) is 0 Å². The summed E-state index contributed by atoms with van der Waals surface area (Å²) in [5.74, 6) is -0.115. The minimum absolute atomic E-state index is 0.0252. The van der Waals surface area contributed by atoms with Crippen LogP contribution in [0.3, 0.4) is 0 Å². The van der Waals surface area contributed by atoms with E-state index in [-0.39, 0.29) is 29.3 Å². The number of sulfonamides is 1. The highest BCUT2D eigenvalue weighted by molar-refractivity contribution is 7.89. The highest BCUT2D eigenvalue weighted by Gasteiger charge is 2.17. The van der Waals surface area contributed by atoms with Crippen molar-refractivity contribution in [3.8, 4) is 0 Å². The summed E-state index contributed by atoms with van der Waals surface area (Å²) in [6, 6.07) is 10.7. The molecule has 5 nitrogen and oxygen atoms in total. The van der Waals surface area contributed by atoms with E-state index in [1.54, 1.807) is 12.1 Å². The van der Waals surface area contributed by atoms with Gasteiger partial charge in [0.1, 0.15) is 0 Å². The molecule has 25 heavy (non-hydrogen) atoms. The van der Waals surface area contributed by atoms with Crippen LogP contribution in [0, 0.1) is 0 Å². The lowest BCUT2D eigenvalue weighted by molar-refractivity contribution is -0.120. The van der Waals surface area contributed by atoms with Crippen LogP contribution in [0.15, 0.2) is 46.7 Å². The SMILES string of the molecule is CC(C)(C)c1ccc(S(=O)(=O)NCCNC(=O)Cc2cccs2)cc1. The van der Waals surface area contributed by atoms with Gasteiger partial charge in [0.15, 0.2) is 0 Å². The van der Waals surface area contributed by atoms with Crippen LogP contribution in [0.2, 0.25) is 0 Å². The van der Waals surface area contributed by atoms with Crippen molar-refractivity contribution >= 4 is 27.3 Å². The molecular weight excluding hydrogens is 356 g/mol. The van der Waals surface area contributed by atoms with Crippen LogP contribution in [-0.2, 0) is 26.7 Å². The Hall–Kier alpha value is -1.70. The zero-order valence-corrected chi connectivity index (χ0v) is 16.3. The third-order valence-corrected chi connectivity index (χ3v) is 6.04. The second-order valence-electron chi connectivity index (χ2n) is 6.78. The number of carbonyl (C=O) groups excluding carboxylic acids is 1. The molecule has 0 saturated heterocycles. The third kappa shape index (κ3) is 5.95. The molecule has 0 aliphatic heterocycles. The van der Waals surface area contributed by atoms with Crippen molar-refractivity contribution in [3.05, 3.63) is 52.2 Å². The minimum Gasteiger partial charge on any atom is -0.354 e. The van der Waals surface area contributed by atoms with Gasteiger partial charge in [-0.25, -0.2) is 13.1 Å². The van der Waals surface area contributed by atoms with Gasteiger partial charge in [-0.1, -0.05) is 39.0 Å². The van der Waals surface area contributed by atoms with Crippen LogP contribution in [0.4, 0.5) is 0 Å². The molecule has 0 aliphatic rings. The molecule has 0 spiro atoms. The number of amides is 1. The maximum atomic E-state index is 12.3. The number of nitrogens with one attached hydrogen (secondary N) is 2. The second kappa shape index (κ2) is 8.12. The van der Waals surface area contributed by atoms with Gasteiger partial charge < -0.3 is 5.32 Å². The average molecular weight is 381 g/mol. The summed E-state index contributed by atoms with van der Waals surface area (Å²) in [6.45, 7) is 6.64. The number of benzene rings is 1. The zero-order valence-electron chi connectivity index (χ0n) is 14.7. The minimum atomic E-state index is -3.57. The number of rotatable bonds is 7. The Morgan fingerprint density at radius 3 is 2.32 bits per heavy atom. The highest BCUT2D eigenvalue weighted by atomic mass is 32.2. The first kappa shape index (κ1) is 19.6. The van der Waals surface area contributed by atoms with Gasteiger partial charge in [0.2, 0.25) is 15.9 Å². The molecule has 0 saturated carbocycles. The summed E-state index contributed by atoms with van der Waals surface area (Å²) in [4.78, 5) is 13.0. The van der Waals surface area contributed by atoms with E-state index >= 15 is 0 Å². The predicted molar refractivity (Wildman–Crippen MR) is 101 cm³/mol. The largest absolute Gasteiger partial charge is 0.354 e. The molecule has 2 rings (SSSR count). The maximum absolute atomic E-state index is 12.3. The van der Waals surface area contributed by atoms with Gasteiger partial charge in [0.25, 0.3) is 0 Å². The zero-order chi connectivity index (χ0) is 18.5. The Kier molecular flexibility index (Phi) is 6.37. The van der Waals surface area contributed by atoms with Crippen LogP contribution in [0.5, 0.6) is 0 Å². The number of hydrogen-bond donors (Lipinski definition) is 2. The summed E-state index contributed by atoms with van der Waals surface area (Å²) in [7, 11) is -3.57. The fraction of sp³-hybridized carbons (Fsp3) is 0.389. The fourth-order valence-corrected chi connectivity index (χ4v) is 3.97. The normalized spacial score (nSPS) is 12.1. The standard InChI is InChI=1S/C18H24N2O3S2/c1-18(2,3)14-6-8-16(9-7-14)25(22,23)20-11-10-19-17(21)13-15-5-4-12-24-15/h4-9,12,20H,10-11,13H2,1-3H3,(H,19,21). The Bertz CT molecular complexity index is 790. The van der Waals surface area contributed by atoms with Gasteiger partial charge in [0.05, 0.1) is 11.3 Å². The highest BCUT2D eigenvalue weighted by Crippen LogP contribution is 2.23. The summed E-state index contributed by atoms with van der Waals surface area (Å²) in [5.41, 5.74) is 1.05. The van der Waals surface area contributed by atoms with E-state index < -0.39 is 10.0 Å². The number of carbonyl (C=O) groups is 1. The number of thiophene rings is 1.